The molecule has 7 nitrogen and oxygen atoms in total. The third kappa shape index (κ3) is 1.45. The number of nitrogens with zero attached hydrogens (tertiary/aromatic N) is 3. The van der Waals surface area contributed by atoms with Gasteiger partial charge in [-0.25, -0.2) is 0 Å². The summed E-state index contributed by atoms with van der Waals surface area (Å²) in [6, 6.07) is 7.29. The number of hydrogen-bond donors (Lipinski definition) is 2. The average Bonchev–Trinajstić information content (AvgIpc) is 2.67. The van der Waals surface area contributed by atoms with E-state index in [4.69, 9.17) is 5.73 Å². The number of hydrogen-bond acceptors (Lipinski definition) is 4. The molecule has 0 saturated heterocycles. The van der Waals surface area contributed by atoms with Crippen molar-refractivity contribution in [3.05, 3.63) is 35.5 Å². The van der Waals surface area contributed by atoms with Crippen molar-refractivity contribution in [3.8, 4) is 5.69 Å². The van der Waals surface area contributed by atoms with Crippen molar-refractivity contribution in [2.45, 2.75) is 6.42 Å². The summed E-state index contributed by atoms with van der Waals surface area (Å²) in [5.74, 6) is -0.737. The van der Waals surface area contributed by atoms with E-state index in [1.54, 1.807) is 6.07 Å². The molecule has 0 bridgehead atoms. The molecular formula is C11H9N5O2. The van der Waals surface area contributed by atoms with Gasteiger partial charge in [0.05, 0.1) is 12.1 Å². The van der Waals surface area contributed by atoms with Crippen LogP contribution in [0.25, 0.3) is 5.69 Å². The number of carbonyl (C=O) groups is 2. The van der Waals surface area contributed by atoms with Crippen molar-refractivity contribution >= 4 is 17.6 Å². The van der Waals surface area contributed by atoms with Crippen molar-refractivity contribution in [2.75, 3.05) is 5.32 Å². The number of benzene rings is 1. The van der Waals surface area contributed by atoms with E-state index >= 15 is 0 Å². The molecule has 0 aliphatic carbocycles. The van der Waals surface area contributed by atoms with Crippen LogP contribution >= 0.6 is 0 Å². The number of rotatable bonds is 1. The van der Waals surface area contributed by atoms with E-state index in [1.165, 1.54) is 4.68 Å². The van der Waals surface area contributed by atoms with Crippen molar-refractivity contribution < 1.29 is 9.59 Å². The summed E-state index contributed by atoms with van der Waals surface area (Å²) in [6.45, 7) is 0. The maximum absolute atomic E-state index is 11.7. The number of para-hydroxylation sites is 1. The fraction of sp³-hybridized carbons (Fsp3) is 0.0909. The number of carbonyl (C=O) groups excluding carboxylic acids is 2. The molecule has 0 spiro atoms. The predicted molar refractivity (Wildman–Crippen MR) is 62.2 cm³/mol. The van der Waals surface area contributed by atoms with Crippen LogP contribution in [0.2, 0.25) is 0 Å². The van der Waals surface area contributed by atoms with Crippen LogP contribution in [-0.4, -0.2) is 26.8 Å². The highest BCUT2D eigenvalue weighted by Gasteiger charge is 2.25. The molecule has 1 aliphatic rings. The Morgan fingerprint density at radius 1 is 1.39 bits per heavy atom. The van der Waals surface area contributed by atoms with E-state index < -0.39 is 5.91 Å². The molecule has 1 aromatic carbocycles. The molecule has 0 unspecified atom stereocenters. The Morgan fingerprint density at radius 2 is 2.17 bits per heavy atom. The summed E-state index contributed by atoms with van der Waals surface area (Å²) in [6.07, 6.45) is 0.220. The van der Waals surface area contributed by atoms with E-state index in [-0.39, 0.29) is 23.8 Å². The van der Waals surface area contributed by atoms with Gasteiger partial charge in [-0.15, -0.1) is 5.10 Å². The zero-order valence-corrected chi connectivity index (χ0v) is 9.25. The first-order valence-corrected chi connectivity index (χ1v) is 5.30. The Balaban J connectivity index is 2.28. The number of anilines is 1. The Kier molecular flexibility index (Phi) is 2.12. The first-order chi connectivity index (χ1) is 8.66. The zero-order chi connectivity index (χ0) is 12.7. The van der Waals surface area contributed by atoms with Crippen LogP contribution in [0.15, 0.2) is 24.3 Å². The molecule has 2 aromatic rings. The van der Waals surface area contributed by atoms with Crippen LogP contribution in [0.3, 0.4) is 0 Å². The summed E-state index contributed by atoms with van der Waals surface area (Å²) in [5.41, 5.74) is 6.68. The third-order valence-corrected chi connectivity index (χ3v) is 2.73. The maximum atomic E-state index is 11.7. The molecule has 1 aromatic heterocycles. The van der Waals surface area contributed by atoms with Gasteiger partial charge in [0, 0.05) is 0 Å². The lowest BCUT2D eigenvalue weighted by atomic mass is 10.1. The second-order valence-corrected chi connectivity index (χ2v) is 3.92. The highest BCUT2D eigenvalue weighted by molar-refractivity contribution is 6.02. The molecule has 2 amide bonds. The van der Waals surface area contributed by atoms with Crippen molar-refractivity contribution in [1.29, 1.82) is 0 Å². The van der Waals surface area contributed by atoms with Crippen LogP contribution in [0.1, 0.15) is 16.1 Å². The largest absolute Gasteiger partial charge is 0.364 e. The minimum atomic E-state index is -0.726. The van der Waals surface area contributed by atoms with Crippen LogP contribution in [-0.2, 0) is 11.2 Å². The second-order valence-electron chi connectivity index (χ2n) is 3.92. The third-order valence-electron chi connectivity index (χ3n) is 2.73. The van der Waals surface area contributed by atoms with Gasteiger partial charge >= 0.3 is 0 Å². The monoisotopic (exact) mass is 243 g/mol. The van der Waals surface area contributed by atoms with Crippen molar-refractivity contribution in [2.24, 2.45) is 5.73 Å². The van der Waals surface area contributed by atoms with Gasteiger partial charge in [-0.2, -0.15) is 4.68 Å². The highest BCUT2D eigenvalue weighted by Crippen LogP contribution is 2.24. The number of aromatic nitrogens is 3. The minimum absolute atomic E-state index is 0.0416. The molecule has 3 rings (SSSR count). The molecular weight excluding hydrogens is 234 g/mol. The van der Waals surface area contributed by atoms with E-state index in [0.29, 0.717) is 5.69 Å². The molecule has 0 saturated carbocycles. The molecule has 7 heteroatoms. The van der Waals surface area contributed by atoms with Gasteiger partial charge in [0.25, 0.3) is 5.91 Å². The summed E-state index contributed by atoms with van der Waals surface area (Å²) >= 11 is 0. The van der Waals surface area contributed by atoms with Crippen molar-refractivity contribution in [1.82, 2.24) is 15.0 Å². The van der Waals surface area contributed by atoms with Crippen LogP contribution < -0.4 is 11.1 Å². The van der Waals surface area contributed by atoms with Gasteiger partial charge < -0.3 is 11.1 Å². The van der Waals surface area contributed by atoms with Gasteiger partial charge in [0.15, 0.2) is 11.5 Å². The normalized spacial score (nSPS) is 13.2. The Labute approximate surface area is 102 Å². The zero-order valence-electron chi connectivity index (χ0n) is 9.25. The minimum Gasteiger partial charge on any atom is -0.364 e. The molecule has 0 fully saturated rings. The molecule has 90 valence electrons. The van der Waals surface area contributed by atoms with Gasteiger partial charge in [0.2, 0.25) is 5.91 Å². The van der Waals surface area contributed by atoms with Gasteiger partial charge in [0.1, 0.15) is 0 Å². The van der Waals surface area contributed by atoms with Crippen molar-refractivity contribution in [3.63, 3.8) is 0 Å². The number of fused-ring (bicyclic) bond motifs is 3. The number of nitrogens with one attached hydrogen (secondary N) is 1. The lowest BCUT2D eigenvalue weighted by molar-refractivity contribution is -0.115. The Bertz CT molecular complexity index is 661. The summed E-state index contributed by atoms with van der Waals surface area (Å²) in [5, 5.41) is 10.2. The van der Waals surface area contributed by atoms with Crippen LogP contribution in [0.4, 0.5) is 5.82 Å². The first-order valence-electron chi connectivity index (χ1n) is 5.30. The lowest BCUT2D eigenvalue weighted by Crippen LogP contribution is -2.18. The molecule has 2 heterocycles. The maximum Gasteiger partial charge on any atom is 0.273 e. The topological polar surface area (TPSA) is 103 Å². The smallest absolute Gasteiger partial charge is 0.273 e. The summed E-state index contributed by atoms with van der Waals surface area (Å²) < 4.78 is 1.42. The number of primary amides is 1. The average molecular weight is 243 g/mol. The molecule has 0 atom stereocenters. The molecule has 3 N–H and O–H groups in total. The standard InChI is InChI=1S/C11H9N5O2/c12-10(18)9-11-13-8(17)5-6-3-1-2-4-7(6)16(11)15-14-9/h1-4H,5H2,(H2,12,18)(H,13,17). The van der Waals surface area contributed by atoms with Gasteiger partial charge in [-0.3, -0.25) is 9.59 Å². The number of nitrogens with two attached hydrogens (primary N) is 1. The first kappa shape index (κ1) is 10.5. The number of amides is 2. The van der Waals surface area contributed by atoms with E-state index in [1.807, 2.05) is 18.2 Å². The van der Waals surface area contributed by atoms with Crippen LogP contribution in [0, 0.1) is 0 Å². The molecule has 18 heavy (non-hydrogen) atoms. The fourth-order valence-corrected chi connectivity index (χ4v) is 1.94. The Morgan fingerprint density at radius 3 is 2.94 bits per heavy atom. The predicted octanol–water partition coefficient (Wildman–Crippen LogP) is -0.139. The van der Waals surface area contributed by atoms with E-state index in [2.05, 4.69) is 15.6 Å². The van der Waals surface area contributed by atoms with E-state index in [0.717, 1.165) is 5.56 Å². The summed E-state index contributed by atoms with van der Waals surface area (Å²) in [7, 11) is 0. The van der Waals surface area contributed by atoms with Crippen LogP contribution in [0.5, 0.6) is 0 Å². The lowest BCUT2D eigenvalue weighted by Gasteiger charge is -2.04. The van der Waals surface area contributed by atoms with Gasteiger partial charge in [-0.1, -0.05) is 23.4 Å². The second kappa shape index (κ2) is 3.66. The molecule has 1 aliphatic heterocycles. The highest BCUT2D eigenvalue weighted by atomic mass is 16.2. The van der Waals surface area contributed by atoms with Gasteiger partial charge in [-0.05, 0) is 11.6 Å². The SMILES string of the molecule is NC(=O)c1nnn2c1NC(=O)Cc1ccccc1-2. The fourth-order valence-electron chi connectivity index (χ4n) is 1.94. The van der Waals surface area contributed by atoms with E-state index in [9.17, 15) is 9.59 Å². The molecule has 0 radical (unpaired) electrons. The Hall–Kier alpha value is -2.70. The summed E-state index contributed by atoms with van der Waals surface area (Å²) in [4.78, 5) is 23.0. The quantitative estimate of drug-likeness (QED) is 0.727.